The molecule has 3 aromatic rings. The minimum absolute atomic E-state index is 0.0913. The summed E-state index contributed by atoms with van der Waals surface area (Å²) in [5, 5.41) is 3.17. The Hall–Kier alpha value is -3.54. The quantitative estimate of drug-likeness (QED) is 0.655. The van der Waals surface area contributed by atoms with Crippen LogP contribution in [0.25, 0.3) is 0 Å². The van der Waals surface area contributed by atoms with Crippen molar-refractivity contribution < 1.29 is 9.53 Å². The van der Waals surface area contributed by atoms with E-state index in [9.17, 15) is 4.79 Å². The summed E-state index contributed by atoms with van der Waals surface area (Å²) in [4.78, 5) is 22.4. The van der Waals surface area contributed by atoms with Crippen molar-refractivity contribution in [2.45, 2.75) is 25.9 Å². The van der Waals surface area contributed by atoms with Crippen LogP contribution in [0.2, 0.25) is 0 Å². The number of pyridine rings is 1. The highest BCUT2D eigenvalue weighted by atomic mass is 16.5. The minimum atomic E-state index is -0.129. The van der Waals surface area contributed by atoms with Gasteiger partial charge in [-0.3, -0.25) is 9.78 Å². The summed E-state index contributed by atoms with van der Waals surface area (Å²) < 4.78 is 5.50. The van der Waals surface area contributed by atoms with E-state index in [1.165, 1.54) is 22.5 Å². The van der Waals surface area contributed by atoms with Crippen LogP contribution in [-0.2, 0) is 17.8 Å². The van der Waals surface area contributed by atoms with Crippen LogP contribution in [0.5, 0.6) is 5.75 Å². The van der Waals surface area contributed by atoms with Gasteiger partial charge in [0.2, 0.25) is 5.91 Å². The van der Waals surface area contributed by atoms with Gasteiger partial charge in [-0.05, 0) is 48.7 Å². The van der Waals surface area contributed by atoms with Crippen molar-refractivity contribution in [3.05, 3.63) is 83.7 Å². The van der Waals surface area contributed by atoms with Gasteiger partial charge in [-0.1, -0.05) is 29.8 Å². The average Bonchev–Trinajstić information content (AvgIpc) is 2.87. The molecule has 3 heterocycles. The van der Waals surface area contributed by atoms with Crippen LogP contribution in [0.1, 0.15) is 16.7 Å². The maximum absolute atomic E-state index is 13.4. The van der Waals surface area contributed by atoms with Gasteiger partial charge in [0.25, 0.3) is 0 Å². The first-order valence-corrected chi connectivity index (χ1v) is 11.5. The summed E-state index contributed by atoms with van der Waals surface area (Å²) in [5.41, 5.74) is 5.88. The third kappa shape index (κ3) is 4.38. The molecule has 1 N–H and O–H groups in total. The normalized spacial score (nSPS) is 19.5. The molecular weight excluding hydrogens is 412 g/mol. The number of hydrogen-bond donors (Lipinski definition) is 1. The number of benzene rings is 2. The molecule has 2 aliphatic heterocycles. The van der Waals surface area contributed by atoms with E-state index in [2.05, 4.69) is 63.4 Å². The number of amides is 1. The van der Waals surface area contributed by atoms with E-state index in [1.807, 2.05) is 18.2 Å². The summed E-state index contributed by atoms with van der Waals surface area (Å²) in [6.45, 7) is 5.19. The fourth-order valence-corrected chi connectivity index (χ4v) is 5.02. The highest BCUT2D eigenvalue weighted by molar-refractivity contribution is 5.82. The molecule has 33 heavy (non-hydrogen) atoms. The fourth-order valence-electron chi connectivity index (χ4n) is 5.02. The number of hydrogen-bond acceptors (Lipinski definition) is 5. The summed E-state index contributed by atoms with van der Waals surface area (Å²) in [7, 11) is 1.70. The van der Waals surface area contributed by atoms with Gasteiger partial charge in [0.15, 0.2) is 0 Å². The summed E-state index contributed by atoms with van der Waals surface area (Å²) in [5.74, 6) is 0.824. The van der Waals surface area contributed by atoms with Gasteiger partial charge in [0.1, 0.15) is 5.75 Å². The van der Waals surface area contributed by atoms with Gasteiger partial charge in [0.05, 0.1) is 19.1 Å². The average molecular weight is 443 g/mol. The van der Waals surface area contributed by atoms with Crippen molar-refractivity contribution in [2.75, 3.05) is 36.5 Å². The van der Waals surface area contributed by atoms with Crippen molar-refractivity contribution in [1.29, 1.82) is 0 Å². The molecule has 0 spiro atoms. The zero-order valence-corrected chi connectivity index (χ0v) is 19.2. The lowest BCUT2D eigenvalue weighted by Crippen LogP contribution is -2.61. The summed E-state index contributed by atoms with van der Waals surface area (Å²) in [6.07, 6.45) is 4.27. The van der Waals surface area contributed by atoms with Crippen molar-refractivity contribution in [3.63, 3.8) is 0 Å². The number of carbonyl (C=O) groups excluding carboxylic acids is 1. The zero-order valence-electron chi connectivity index (χ0n) is 19.2. The number of ether oxygens (including phenoxy) is 1. The molecule has 0 bridgehead atoms. The second kappa shape index (κ2) is 9.14. The molecule has 6 nitrogen and oxygen atoms in total. The van der Waals surface area contributed by atoms with Crippen LogP contribution in [0.15, 0.2) is 67.0 Å². The molecule has 0 aliphatic carbocycles. The topological polar surface area (TPSA) is 57.7 Å². The third-order valence-electron chi connectivity index (χ3n) is 6.85. The monoisotopic (exact) mass is 442 g/mol. The Labute approximate surface area is 195 Å². The van der Waals surface area contributed by atoms with Crippen LogP contribution in [0, 0.1) is 12.8 Å². The number of fused-ring (bicyclic) bond motifs is 3. The van der Waals surface area contributed by atoms with Gasteiger partial charge < -0.3 is 19.9 Å². The largest absolute Gasteiger partial charge is 0.497 e. The molecule has 1 saturated heterocycles. The number of piperazine rings is 1. The van der Waals surface area contributed by atoms with E-state index in [-0.39, 0.29) is 17.9 Å². The van der Waals surface area contributed by atoms with Gasteiger partial charge in [-0.15, -0.1) is 0 Å². The maximum Gasteiger partial charge on any atom is 0.225 e. The van der Waals surface area contributed by atoms with Crippen molar-refractivity contribution >= 4 is 17.3 Å². The van der Waals surface area contributed by atoms with Crippen LogP contribution in [0.3, 0.4) is 0 Å². The predicted octanol–water partition coefficient (Wildman–Crippen LogP) is 3.58. The van der Waals surface area contributed by atoms with Crippen molar-refractivity contribution in [1.82, 2.24) is 10.3 Å². The minimum Gasteiger partial charge on any atom is -0.497 e. The smallest absolute Gasteiger partial charge is 0.225 e. The summed E-state index contributed by atoms with van der Waals surface area (Å²) in [6, 6.07) is 18.9. The molecule has 1 fully saturated rings. The van der Waals surface area contributed by atoms with E-state index >= 15 is 0 Å². The van der Waals surface area contributed by atoms with E-state index in [1.54, 1.807) is 19.5 Å². The Kier molecular flexibility index (Phi) is 5.90. The maximum atomic E-state index is 13.4. The second-order valence-electron chi connectivity index (χ2n) is 8.93. The van der Waals surface area contributed by atoms with E-state index < -0.39 is 0 Å². The van der Waals surface area contributed by atoms with Gasteiger partial charge in [-0.25, -0.2) is 0 Å². The zero-order chi connectivity index (χ0) is 22.8. The molecule has 0 radical (unpaired) electrons. The second-order valence-corrected chi connectivity index (χ2v) is 8.93. The van der Waals surface area contributed by atoms with Crippen LogP contribution >= 0.6 is 0 Å². The molecule has 0 unspecified atom stereocenters. The molecule has 1 aromatic heterocycles. The third-order valence-corrected chi connectivity index (χ3v) is 6.85. The Morgan fingerprint density at radius 3 is 2.76 bits per heavy atom. The fraction of sp³-hybridized carbons (Fsp3) is 0.333. The Morgan fingerprint density at radius 1 is 1.15 bits per heavy atom. The molecule has 1 amide bonds. The van der Waals surface area contributed by atoms with Crippen molar-refractivity contribution in [2.24, 2.45) is 5.92 Å². The van der Waals surface area contributed by atoms with Gasteiger partial charge in [0, 0.05) is 56.0 Å². The molecule has 170 valence electrons. The van der Waals surface area contributed by atoms with Crippen LogP contribution < -0.4 is 19.9 Å². The Balaban J connectivity index is 1.42. The molecule has 5 rings (SSSR count). The number of carbonyl (C=O) groups is 1. The number of rotatable bonds is 5. The molecule has 2 aromatic carbocycles. The van der Waals surface area contributed by atoms with E-state index in [4.69, 9.17) is 4.74 Å². The number of aromatic nitrogens is 1. The highest BCUT2D eigenvalue weighted by Crippen LogP contribution is 2.39. The Morgan fingerprint density at radius 2 is 2.00 bits per heavy atom. The number of nitrogens with zero attached hydrogens (tertiary/aromatic N) is 3. The number of methoxy groups -OCH3 is 1. The molecule has 6 heteroatoms. The van der Waals surface area contributed by atoms with E-state index in [0.717, 1.165) is 37.4 Å². The van der Waals surface area contributed by atoms with Crippen LogP contribution in [0.4, 0.5) is 11.4 Å². The molecule has 2 aliphatic rings. The first kappa shape index (κ1) is 21.3. The lowest BCUT2D eigenvalue weighted by molar-refractivity contribution is -0.126. The standard InChI is InChI=1S/C27H30N4O2/c1-19-5-8-22(9-6-19)30-12-13-31-25-15-23(33-2)10-7-21(25)14-24(26(31)18-30)27(32)29-17-20-4-3-11-28-16-20/h3-11,15-16,24,26H,12-14,17-18H2,1-2H3,(H,29,32)/t24-,26-/m1/s1. The first-order valence-electron chi connectivity index (χ1n) is 11.5. The van der Waals surface area contributed by atoms with Crippen molar-refractivity contribution in [3.8, 4) is 5.75 Å². The molecule has 0 saturated carbocycles. The number of nitrogens with one attached hydrogen (secondary N) is 1. The highest BCUT2D eigenvalue weighted by Gasteiger charge is 2.41. The lowest BCUT2D eigenvalue weighted by atomic mass is 9.83. The lowest BCUT2D eigenvalue weighted by Gasteiger charge is -2.49. The van der Waals surface area contributed by atoms with Gasteiger partial charge >= 0.3 is 0 Å². The van der Waals surface area contributed by atoms with E-state index in [0.29, 0.717) is 6.54 Å². The molecular formula is C27H30N4O2. The van der Waals surface area contributed by atoms with Gasteiger partial charge in [-0.2, -0.15) is 0 Å². The van der Waals surface area contributed by atoms with Crippen LogP contribution in [-0.4, -0.2) is 43.7 Å². The SMILES string of the molecule is COc1ccc2c(c1)N1CCN(c3ccc(C)cc3)C[C@@H]1[C@H](C(=O)NCc1cccnc1)C2. The predicted molar refractivity (Wildman–Crippen MR) is 131 cm³/mol. The molecule has 2 atom stereocenters. The number of aryl methyl sites for hydroxylation is 1. The Bertz CT molecular complexity index is 1120. The summed E-state index contributed by atoms with van der Waals surface area (Å²) >= 11 is 0. The number of anilines is 2. The first-order chi connectivity index (χ1) is 16.1.